The van der Waals surface area contributed by atoms with E-state index in [4.69, 9.17) is 21.1 Å². The lowest BCUT2D eigenvalue weighted by Gasteiger charge is -2.05. The standard InChI is InChI=1S/C9H13ClN2O2/c1-3-4-5-14-9-8(10)12-7(13-2)6-11-9/h6H,3-5H2,1-2H3. The van der Waals surface area contributed by atoms with Gasteiger partial charge in [-0.15, -0.1) is 0 Å². The van der Waals surface area contributed by atoms with Gasteiger partial charge in [-0.25, -0.2) is 4.98 Å². The Balaban J connectivity index is 2.59. The molecule has 0 aliphatic heterocycles. The summed E-state index contributed by atoms with van der Waals surface area (Å²) in [7, 11) is 1.51. The van der Waals surface area contributed by atoms with Crippen LogP contribution in [0, 0.1) is 0 Å². The van der Waals surface area contributed by atoms with Crippen molar-refractivity contribution in [2.45, 2.75) is 19.8 Å². The van der Waals surface area contributed by atoms with Crippen LogP contribution in [0.15, 0.2) is 6.20 Å². The van der Waals surface area contributed by atoms with E-state index in [1.165, 1.54) is 13.3 Å². The second-order valence-corrected chi connectivity index (χ2v) is 3.07. The van der Waals surface area contributed by atoms with E-state index >= 15 is 0 Å². The molecule has 78 valence electrons. The third-order valence-electron chi connectivity index (χ3n) is 1.62. The first-order valence-corrected chi connectivity index (χ1v) is 4.85. The molecule has 0 N–H and O–H groups in total. The summed E-state index contributed by atoms with van der Waals surface area (Å²) in [6.45, 7) is 2.70. The summed E-state index contributed by atoms with van der Waals surface area (Å²) >= 11 is 5.81. The highest BCUT2D eigenvalue weighted by Gasteiger charge is 2.06. The Morgan fingerprint density at radius 1 is 1.50 bits per heavy atom. The van der Waals surface area contributed by atoms with E-state index in [2.05, 4.69) is 16.9 Å². The van der Waals surface area contributed by atoms with Crippen molar-refractivity contribution in [3.05, 3.63) is 11.3 Å². The molecule has 0 aromatic carbocycles. The van der Waals surface area contributed by atoms with Crippen molar-refractivity contribution in [2.75, 3.05) is 13.7 Å². The Bertz CT molecular complexity index is 294. The van der Waals surface area contributed by atoms with Crippen LogP contribution in [0.25, 0.3) is 0 Å². The summed E-state index contributed by atoms with van der Waals surface area (Å²) in [5.74, 6) is 0.749. The summed E-state index contributed by atoms with van der Waals surface area (Å²) in [5, 5.41) is 0.237. The quantitative estimate of drug-likeness (QED) is 0.709. The van der Waals surface area contributed by atoms with Gasteiger partial charge in [0.25, 0.3) is 5.88 Å². The predicted molar refractivity (Wildman–Crippen MR) is 54.0 cm³/mol. The summed E-state index contributed by atoms with van der Waals surface area (Å²) in [4.78, 5) is 7.91. The number of hydrogen-bond acceptors (Lipinski definition) is 4. The van der Waals surface area contributed by atoms with E-state index in [-0.39, 0.29) is 5.15 Å². The van der Waals surface area contributed by atoms with Crippen LogP contribution in [0.1, 0.15) is 19.8 Å². The van der Waals surface area contributed by atoms with E-state index in [9.17, 15) is 0 Å². The van der Waals surface area contributed by atoms with Crippen molar-refractivity contribution >= 4 is 11.6 Å². The molecule has 0 spiro atoms. The predicted octanol–water partition coefficient (Wildman–Crippen LogP) is 2.32. The average Bonchev–Trinajstić information content (AvgIpc) is 2.20. The van der Waals surface area contributed by atoms with Crippen LogP contribution in [0.2, 0.25) is 5.15 Å². The molecule has 0 amide bonds. The highest BCUT2D eigenvalue weighted by Crippen LogP contribution is 2.21. The molecule has 0 saturated carbocycles. The third-order valence-corrected chi connectivity index (χ3v) is 1.87. The fourth-order valence-electron chi connectivity index (χ4n) is 0.849. The van der Waals surface area contributed by atoms with E-state index in [1.54, 1.807) is 0 Å². The molecule has 0 fully saturated rings. The van der Waals surface area contributed by atoms with Crippen molar-refractivity contribution < 1.29 is 9.47 Å². The molecule has 5 heteroatoms. The van der Waals surface area contributed by atoms with Gasteiger partial charge in [-0.2, -0.15) is 4.98 Å². The molecule has 0 aliphatic rings. The maximum Gasteiger partial charge on any atom is 0.252 e. The van der Waals surface area contributed by atoms with E-state index in [0.29, 0.717) is 18.4 Å². The first kappa shape index (κ1) is 11.0. The lowest BCUT2D eigenvalue weighted by Crippen LogP contribution is -2.00. The molecule has 14 heavy (non-hydrogen) atoms. The number of aromatic nitrogens is 2. The fourth-order valence-corrected chi connectivity index (χ4v) is 1.04. The van der Waals surface area contributed by atoms with Gasteiger partial charge in [-0.05, 0) is 6.42 Å². The maximum atomic E-state index is 5.81. The molecule has 4 nitrogen and oxygen atoms in total. The molecule has 0 unspecified atom stereocenters. The van der Waals surface area contributed by atoms with Gasteiger partial charge in [0.15, 0.2) is 5.15 Å². The highest BCUT2D eigenvalue weighted by molar-refractivity contribution is 6.30. The Hall–Kier alpha value is -1.03. The Morgan fingerprint density at radius 3 is 2.86 bits per heavy atom. The topological polar surface area (TPSA) is 44.2 Å². The van der Waals surface area contributed by atoms with Crippen LogP contribution in [-0.2, 0) is 0 Å². The minimum absolute atomic E-state index is 0.237. The molecule has 0 radical (unpaired) electrons. The number of hydrogen-bond donors (Lipinski definition) is 0. The summed E-state index contributed by atoms with van der Waals surface area (Å²) in [5.41, 5.74) is 0. The third kappa shape index (κ3) is 3.03. The van der Waals surface area contributed by atoms with Crippen molar-refractivity contribution in [3.8, 4) is 11.8 Å². The Kier molecular flexibility index (Phi) is 4.46. The lowest BCUT2D eigenvalue weighted by atomic mass is 10.4. The van der Waals surface area contributed by atoms with Crippen molar-refractivity contribution in [1.82, 2.24) is 9.97 Å². The number of nitrogens with zero attached hydrogens (tertiary/aromatic N) is 2. The van der Waals surface area contributed by atoms with Gasteiger partial charge in [0.05, 0.1) is 19.9 Å². The summed E-state index contributed by atoms with van der Waals surface area (Å²) < 4.78 is 10.2. The van der Waals surface area contributed by atoms with Gasteiger partial charge < -0.3 is 9.47 Å². The van der Waals surface area contributed by atoms with Gasteiger partial charge in [-0.1, -0.05) is 24.9 Å². The normalized spacial score (nSPS) is 9.93. The van der Waals surface area contributed by atoms with Crippen molar-refractivity contribution in [3.63, 3.8) is 0 Å². The minimum atomic E-state index is 0.237. The monoisotopic (exact) mass is 216 g/mol. The highest BCUT2D eigenvalue weighted by atomic mass is 35.5. The number of halogens is 1. The van der Waals surface area contributed by atoms with Gasteiger partial charge in [0.1, 0.15) is 0 Å². The van der Waals surface area contributed by atoms with Crippen LogP contribution in [0.4, 0.5) is 0 Å². The summed E-state index contributed by atoms with van der Waals surface area (Å²) in [6.07, 6.45) is 3.53. The van der Waals surface area contributed by atoms with Gasteiger partial charge in [-0.3, -0.25) is 0 Å². The van der Waals surface area contributed by atoms with Crippen LogP contribution in [0.5, 0.6) is 11.8 Å². The van der Waals surface area contributed by atoms with Gasteiger partial charge in [0.2, 0.25) is 5.88 Å². The van der Waals surface area contributed by atoms with E-state index in [1.807, 2.05) is 0 Å². The molecule has 1 aromatic rings. The largest absolute Gasteiger partial charge is 0.480 e. The van der Waals surface area contributed by atoms with Gasteiger partial charge in [0, 0.05) is 0 Å². The van der Waals surface area contributed by atoms with Crippen LogP contribution in [-0.4, -0.2) is 23.7 Å². The molecule has 1 aromatic heterocycles. The molecular formula is C9H13ClN2O2. The first-order chi connectivity index (χ1) is 6.77. The number of ether oxygens (including phenoxy) is 2. The van der Waals surface area contributed by atoms with Crippen LogP contribution >= 0.6 is 11.6 Å². The SMILES string of the molecule is CCCCOc1ncc(OC)nc1Cl. The maximum absolute atomic E-state index is 5.81. The van der Waals surface area contributed by atoms with Crippen molar-refractivity contribution in [2.24, 2.45) is 0 Å². The van der Waals surface area contributed by atoms with Crippen LogP contribution in [0.3, 0.4) is 0 Å². The second-order valence-electron chi connectivity index (χ2n) is 2.71. The van der Waals surface area contributed by atoms with E-state index < -0.39 is 0 Å². The molecule has 0 saturated heterocycles. The van der Waals surface area contributed by atoms with Crippen LogP contribution < -0.4 is 9.47 Å². The molecule has 1 heterocycles. The number of methoxy groups -OCH3 is 1. The van der Waals surface area contributed by atoms with Gasteiger partial charge >= 0.3 is 0 Å². The minimum Gasteiger partial charge on any atom is -0.480 e. The lowest BCUT2D eigenvalue weighted by molar-refractivity contribution is 0.294. The Morgan fingerprint density at radius 2 is 2.29 bits per heavy atom. The van der Waals surface area contributed by atoms with E-state index in [0.717, 1.165) is 12.8 Å². The molecule has 0 bridgehead atoms. The fraction of sp³-hybridized carbons (Fsp3) is 0.556. The first-order valence-electron chi connectivity index (χ1n) is 4.47. The molecule has 0 aliphatic carbocycles. The summed E-state index contributed by atoms with van der Waals surface area (Å²) in [6, 6.07) is 0. The average molecular weight is 217 g/mol. The molecular weight excluding hydrogens is 204 g/mol. The zero-order chi connectivity index (χ0) is 10.4. The number of rotatable bonds is 5. The Labute approximate surface area is 88.2 Å². The van der Waals surface area contributed by atoms with Crippen molar-refractivity contribution in [1.29, 1.82) is 0 Å². The zero-order valence-electron chi connectivity index (χ0n) is 8.29. The molecule has 1 rings (SSSR count). The molecule has 0 atom stereocenters. The second kappa shape index (κ2) is 5.65. The zero-order valence-corrected chi connectivity index (χ0v) is 9.04. The number of unbranched alkanes of at least 4 members (excludes halogenated alkanes) is 1. The smallest absolute Gasteiger partial charge is 0.252 e.